The predicted octanol–water partition coefficient (Wildman–Crippen LogP) is 6.37. The number of allylic oxidation sites excluding steroid dienone is 1. The zero-order valence-electron chi connectivity index (χ0n) is 21.0. The summed E-state index contributed by atoms with van der Waals surface area (Å²) < 4.78 is 11.1. The van der Waals surface area contributed by atoms with Crippen LogP contribution in [0.5, 0.6) is 5.75 Å². The molecule has 0 saturated carbocycles. The number of anilines is 1. The van der Waals surface area contributed by atoms with Crippen LogP contribution in [-0.4, -0.2) is 23.3 Å². The number of nitrogens with one attached hydrogen (secondary N) is 1. The van der Waals surface area contributed by atoms with Gasteiger partial charge in [-0.25, -0.2) is 4.79 Å². The third-order valence-electron chi connectivity index (χ3n) is 6.65. The first kappa shape index (κ1) is 23.4. The Labute approximate surface area is 210 Å². The Kier molecular flexibility index (Phi) is 6.06. The van der Waals surface area contributed by atoms with Gasteiger partial charge in [0.25, 0.3) is 5.89 Å². The summed E-state index contributed by atoms with van der Waals surface area (Å²) in [5.74, 6) is 1.58. The molecule has 7 nitrogen and oxygen atoms in total. The van der Waals surface area contributed by atoms with Crippen LogP contribution in [0.4, 0.5) is 10.5 Å². The van der Waals surface area contributed by atoms with Crippen molar-refractivity contribution in [1.29, 1.82) is 0 Å². The number of benzene rings is 3. The first-order chi connectivity index (χ1) is 17.4. The monoisotopic (exact) mass is 480 g/mol. The van der Waals surface area contributed by atoms with Gasteiger partial charge in [0.2, 0.25) is 5.82 Å². The van der Waals surface area contributed by atoms with Crippen molar-refractivity contribution in [3.8, 4) is 17.1 Å². The molecule has 0 saturated heterocycles. The zero-order valence-corrected chi connectivity index (χ0v) is 21.0. The molecule has 1 aromatic heterocycles. The lowest BCUT2D eigenvalue weighted by molar-refractivity contribution is 0.244. The first-order valence-electron chi connectivity index (χ1n) is 11.8. The zero-order chi connectivity index (χ0) is 25.4. The van der Waals surface area contributed by atoms with E-state index < -0.39 is 6.04 Å². The number of ether oxygens (including phenoxy) is 1. The molecule has 3 aromatic carbocycles. The van der Waals surface area contributed by atoms with Crippen LogP contribution in [0, 0.1) is 20.8 Å². The van der Waals surface area contributed by atoms with Crippen molar-refractivity contribution in [3.05, 3.63) is 101 Å². The number of carbonyl (C=O) groups excluding carboxylic acids is 1. The molecule has 0 radical (unpaired) electrons. The number of hydrogen-bond acceptors (Lipinski definition) is 5. The number of aryl methyl sites for hydroxylation is 3. The van der Waals surface area contributed by atoms with E-state index in [2.05, 4.69) is 36.5 Å². The van der Waals surface area contributed by atoms with Crippen molar-refractivity contribution in [3.63, 3.8) is 0 Å². The lowest BCUT2D eigenvalue weighted by Crippen LogP contribution is -2.46. The van der Waals surface area contributed by atoms with Gasteiger partial charge in [0, 0.05) is 11.3 Å². The summed E-state index contributed by atoms with van der Waals surface area (Å²) in [4.78, 5) is 19.8. The topological polar surface area (TPSA) is 80.5 Å². The normalized spacial score (nSPS) is 15.8. The number of amides is 2. The Hall–Kier alpha value is -4.39. The van der Waals surface area contributed by atoms with E-state index in [-0.39, 0.29) is 6.03 Å². The Balaban J connectivity index is 1.65. The number of nitrogens with zero attached hydrogens (tertiary/aromatic N) is 3. The van der Waals surface area contributed by atoms with Crippen LogP contribution in [0.2, 0.25) is 0 Å². The van der Waals surface area contributed by atoms with E-state index in [9.17, 15) is 4.79 Å². The minimum absolute atomic E-state index is 0.233. The molecular formula is C29H28N4O3. The van der Waals surface area contributed by atoms with Gasteiger partial charge in [-0.3, -0.25) is 4.90 Å². The van der Waals surface area contributed by atoms with Crippen LogP contribution in [0.1, 0.15) is 41.1 Å². The molecule has 1 N–H and O–H groups in total. The lowest BCUT2D eigenvalue weighted by Gasteiger charge is -2.35. The highest BCUT2D eigenvalue weighted by molar-refractivity contribution is 6.01. The van der Waals surface area contributed by atoms with E-state index in [1.165, 1.54) is 5.56 Å². The summed E-state index contributed by atoms with van der Waals surface area (Å²) in [6.45, 7) is 8.07. The minimum atomic E-state index is -0.447. The summed E-state index contributed by atoms with van der Waals surface area (Å²) in [5.41, 5.74) is 7.46. The Morgan fingerprint density at radius 1 is 0.917 bits per heavy atom. The van der Waals surface area contributed by atoms with Gasteiger partial charge in [0.1, 0.15) is 5.75 Å². The molecule has 1 atom stereocenters. The molecule has 0 bridgehead atoms. The fraction of sp³-hybridized carbons (Fsp3) is 0.207. The molecule has 7 heteroatoms. The average Bonchev–Trinajstić information content (AvgIpc) is 3.36. The second-order valence-corrected chi connectivity index (χ2v) is 9.05. The molecule has 0 spiro atoms. The molecule has 1 aliphatic rings. The number of hydrogen-bond donors (Lipinski definition) is 1. The van der Waals surface area contributed by atoms with E-state index in [1.807, 2.05) is 68.4 Å². The van der Waals surface area contributed by atoms with Crippen molar-refractivity contribution in [1.82, 2.24) is 15.5 Å². The van der Waals surface area contributed by atoms with Gasteiger partial charge in [-0.1, -0.05) is 53.2 Å². The molecule has 182 valence electrons. The van der Waals surface area contributed by atoms with Crippen LogP contribution in [0.15, 0.2) is 77.0 Å². The van der Waals surface area contributed by atoms with Crippen molar-refractivity contribution in [2.45, 2.75) is 33.7 Å². The number of rotatable bonds is 5. The molecule has 1 aliphatic heterocycles. The van der Waals surface area contributed by atoms with Gasteiger partial charge in [0.05, 0.1) is 24.4 Å². The lowest BCUT2D eigenvalue weighted by atomic mass is 9.92. The molecular weight excluding hydrogens is 452 g/mol. The maximum Gasteiger partial charge on any atom is 0.326 e. The predicted molar refractivity (Wildman–Crippen MR) is 140 cm³/mol. The van der Waals surface area contributed by atoms with E-state index in [1.54, 1.807) is 12.0 Å². The molecule has 0 aliphatic carbocycles. The number of methoxy groups -OCH3 is 1. The third-order valence-corrected chi connectivity index (χ3v) is 6.65. The standard InChI is InChI=1S/C29H28N4O3/c1-17-6-9-21(10-7-17)27-31-28(36-32-27)25-20(4)33(23-12-14-24(35-5)15-13-23)29(34)30-26(25)22-11-8-18(2)19(3)16-22/h6-16,26H,1-5H3,(H,30,34). The fourth-order valence-corrected chi connectivity index (χ4v) is 4.41. The van der Waals surface area contributed by atoms with Gasteiger partial charge in [0.15, 0.2) is 0 Å². The van der Waals surface area contributed by atoms with Crippen LogP contribution in [0.3, 0.4) is 0 Å². The quantitative estimate of drug-likeness (QED) is 0.359. The van der Waals surface area contributed by atoms with Crippen molar-refractivity contribution < 1.29 is 14.1 Å². The van der Waals surface area contributed by atoms with E-state index in [4.69, 9.17) is 14.2 Å². The van der Waals surface area contributed by atoms with Crippen LogP contribution in [-0.2, 0) is 0 Å². The summed E-state index contributed by atoms with van der Waals surface area (Å²) in [6.07, 6.45) is 0. The van der Waals surface area contributed by atoms with Crippen molar-refractivity contribution >= 4 is 17.3 Å². The summed E-state index contributed by atoms with van der Waals surface area (Å²) >= 11 is 0. The maximum absolute atomic E-state index is 13.4. The highest BCUT2D eigenvalue weighted by Crippen LogP contribution is 2.39. The van der Waals surface area contributed by atoms with Crippen molar-refractivity contribution in [2.75, 3.05) is 12.0 Å². The van der Waals surface area contributed by atoms with Crippen LogP contribution in [0.25, 0.3) is 17.0 Å². The molecule has 0 fully saturated rings. The van der Waals surface area contributed by atoms with Crippen LogP contribution >= 0.6 is 0 Å². The van der Waals surface area contributed by atoms with Gasteiger partial charge in [-0.15, -0.1) is 0 Å². The SMILES string of the molecule is COc1ccc(N2C(=O)NC(c3ccc(C)c(C)c3)C(c3nc(-c4ccc(C)cc4)no3)=C2C)cc1. The Morgan fingerprint density at radius 2 is 1.64 bits per heavy atom. The first-order valence-corrected chi connectivity index (χ1v) is 11.8. The highest BCUT2D eigenvalue weighted by atomic mass is 16.5. The molecule has 5 rings (SSSR count). The van der Waals surface area contributed by atoms with E-state index in [0.29, 0.717) is 28.8 Å². The summed E-state index contributed by atoms with van der Waals surface area (Å²) in [5, 5.41) is 7.42. The van der Waals surface area contributed by atoms with Gasteiger partial charge >= 0.3 is 6.03 Å². The highest BCUT2D eigenvalue weighted by Gasteiger charge is 2.36. The molecule has 2 heterocycles. The van der Waals surface area contributed by atoms with Crippen LogP contribution < -0.4 is 15.0 Å². The minimum Gasteiger partial charge on any atom is -0.497 e. The molecule has 2 amide bonds. The maximum atomic E-state index is 13.4. The van der Waals surface area contributed by atoms with Gasteiger partial charge in [-0.2, -0.15) is 4.98 Å². The van der Waals surface area contributed by atoms with Gasteiger partial charge < -0.3 is 14.6 Å². The second-order valence-electron chi connectivity index (χ2n) is 9.05. The fourth-order valence-electron chi connectivity index (χ4n) is 4.41. The molecule has 4 aromatic rings. The molecule has 1 unspecified atom stereocenters. The molecule has 36 heavy (non-hydrogen) atoms. The second kappa shape index (κ2) is 9.34. The smallest absolute Gasteiger partial charge is 0.326 e. The largest absolute Gasteiger partial charge is 0.497 e. The van der Waals surface area contributed by atoms with Crippen molar-refractivity contribution in [2.24, 2.45) is 0 Å². The summed E-state index contributed by atoms with van der Waals surface area (Å²) in [7, 11) is 1.61. The Bertz CT molecular complexity index is 1450. The number of aromatic nitrogens is 2. The van der Waals surface area contributed by atoms with Gasteiger partial charge in [-0.05, 0) is 68.7 Å². The van der Waals surface area contributed by atoms with E-state index >= 15 is 0 Å². The number of carbonyl (C=O) groups is 1. The number of urea groups is 1. The summed E-state index contributed by atoms with van der Waals surface area (Å²) in [6, 6.07) is 20.8. The third kappa shape index (κ3) is 4.24. The average molecular weight is 481 g/mol. The Morgan fingerprint density at radius 3 is 2.31 bits per heavy atom. The van der Waals surface area contributed by atoms with E-state index in [0.717, 1.165) is 27.8 Å².